The third kappa shape index (κ3) is 4.35. The minimum Gasteiger partial charge on any atom is -0.366 e. The van der Waals surface area contributed by atoms with E-state index in [4.69, 9.17) is 4.74 Å². The van der Waals surface area contributed by atoms with Gasteiger partial charge in [-0.25, -0.2) is 0 Å². The number of ether oxygens (including phenoxy) is 1. The highest BCUT2D eigenvalue weighted by molar-refractivity contribution is 5.85. The van der Waals surface area contributed by atoms with E-state index in [9.17, 15) is 4.79 Å². The van der Waals surface area contributed by atoms with Gasteiger partial charge in [-0.2, -0.15) is 0 Å². The first-order valence-corrected chi connectivity index (χ1v) is 5.12. The van der Waals surface area contributed by atoms with Crippen molar-refractivity contribution >= 4 is 18.3 Å². The van der Waals surface area contributed by atoms with Crippen LogP contribution in [0.4, 0.5) is 0 Å². The summed E-state index contributed by atoms with van der Waals surface area (Å²) < 4.78 is 5.39. The molecule has 0 aliphatic carbocycles. The molecule has 0 bridgehead atoms. The van der Waals surface area contributed by atoms with Gasteiger partial charge in [0, 0.05) is 26.2 Å². The van der Waals surface area contributed by atoms with E-state index in [1.807, 2.05) is 0 Å². The van der Waals surface area contributed by atoms with E-state index >= 15 is 0 Å². The van der Waals surface area contributed by atoms with Gasteiger partial charge in [0.25, 0.3) is 5.91 Å². The SMILES string of the molecule is C=CCN(CC=C)C(=O)[C@@H]1CNCCO1.Cl. The summed E-state index contributed by atoms with van der Waals surface area (Å²) in [5, 5.41) is 3.13. The lowest BCUT2D eigenvalue weighted by Gasteiger charge is -2.28. The molecule has 0 spiro atoms. The Morgan fingerprint density at radius 1 is 1.44 bits per heavy atom. The summed E-state index contributed by atoms with van der Waals surface area (Å²) in [7, 11) is 0. The average Bonchev–Trinajstić information content (AvgIpc) is 2.29. The summed E-state index contributed by atoms with van der Waals surface area (Å²) >= 11 is 0. The number of carbonyl (C=O) groups is 1. The Kier molecular flexibility index (Phi) is 7.89. The molecule has 0 aromatic heterocycles. The number of nitrogens with one attached hydrogen (secondary N) is 1. The van der Waals surface area contributed by atoms with Crippen LogP contribution in [0.1, 0.15) is 0 Å². The zero-order chi connectivity index (χ0) is 11.1. The van der Waals surface area contributed by atoms with Crippen LogP contribution in [0.2, 0.25) is 0 Å². The molecule has 16 heavy (non-hydrogen) atoms. The smallest absolute Gasteiger partial charge is 0.253 e. The van der Waals surface area contributed by atoms with Crippen LogP contribution in [0.5, 0.6) is 0 Å². The minimum absolute atomic E-state index is 0. The molecule has 92 valence electrons. The third-order valence-electron chi connectivity index (χ3n) is 2.21. The third-order valence-corrected chi connectivity index (χ3v) is 2.21. The summed E-state index contributed by atoms with van der Waals surface area (Å²) in [5.41, 5.74) is 0. The van der Waals surface area contributed by atoms with E-state index in [0.717, 1.165) is 6.54 Å². The van der Waals surface area contributed by atoms with Gasteiger partial charge in [0.1, 0.15) is 6.10 Å². The number of amides is 1. The zero-order valence-electron chi connectivity index (χ0n) is 9.35. The van der Waals surface area contributed by atoms with Crippen LogP contribution in [0.3, 0.4) is 0 Å². The fourth-order valence-corrected chi connectivity index (χ4v) is 1.49. The number of hydrogen-bond acceptors (Lipinski definition) is 3. The molecule has 1 aliphatic rings. The van der Waals surface area contributed by atoms with Crippen molar-refractivity contribution in [2.75, 3.05) is 32.8 Å². The van der Waals surface area contributed by atoms with Gasteiger partial charge < -0.3 is 15.0 Å². The van der Waals surface area contributed by atoms with E-state index in [0.29, 0.717) is 26.2 Å². The number of carbonyl (C=O) groups excluding carboxylic acids is 1. The Bertz CT molecular complexity index is 230. The van der Waals surface area contributed by atoms with Crippen LogP contribution in [0.25, 0.3) is 0 Å². The van der Waals surface area contributed by atoms with Crippen molar-refractivity contribution in [1.82, 2.24) is 10.2 Å². The van der Waals surface area contributed by atoms with Crippen molar-refractivity contribution in [3.63, 3.8) is 0 Å². The minimum atomic E-state index is -0.362. The molecule has 1 amide bonds. The molecule has 1 rings (SSSR count). The standard InChI is InChI=1S/C11H18N2O2.ClH/c1-3-6-13(7-4-2)11(14)10-9-12-5-8-15-10;/h3-4,10,12H,1-2,5-9H2;1H/t10-;/m0./s1. The number of hydrogen-bond donors (Lipinski definition) is 1. The Hall–Kier alpha value is -0.840. The van der Waals surface area contributed by atoms with Crippen molar-refractivity contribution in [3.05, 3.63) is 25.3 Å². The maximum atomic E-state index is 11.9. The number of rotatable bonds is 5. The maximum absolute atomic E-state index is 11.9. The molecule has 0 aromatic rings. The van der Waals surface area contributed by atoms with Crippen molar-refractivity contribution < 1.29 is 9.53 Å². The highest BCUT2D eigenvalue weighted by atomic mass is 35.5. The first-order chi connectivity index (χ1) is 7.29. The second kappa shape index (κ2) is 8.33. The lowest BCUT2D eigenvalue weighted by molar-refractivity contribution is -0.144. The Balaban J connectivity index is 0.00000225. The van der Waals surface area contributed by atoms with Gasteiger partial charge in [0.05, 0.1) is 6.61 Å². The van der Waals surface area contributed by atoms with Crippen LogP contribution in [0.15, 0.2) is 25.3 Å². The summed E-state index contributed by atoms with van der Waals surface area (Å²) in [6.07, 6.45) is 3.05. The second-order valence-corrected chi connectivity index (χ2v) is 3.38. The molecule has 4 nitrogen and oxygen atoms in total. The molecule has 0 saturated carbocycles. The predicted molar refractivity (Wildman–Crippen MR) is 66.8 cm³/mol. The van der Waals surface area contributed by atoms with Crippen LogP contribution in [0, 0.1) is 0 Å². The summed E-state index contributed by atoms with van der Waals surface area (Å²) in [5.74, 6) is 0.00185. The first kappa shape index (κ1) is 15.2. The van der Waals surface area contributed by atoms with Crippen molar-refractivity contribution in [1.29, 1.82) is 0 Å². The van der Waals surface area contributed by atoms with Gasteiger partial charge in [0.2, 0.25) is 0 Å². The summed E-state index contributed by atoms with van der Waals surface area (Å²) in [6.45, 7) is 10.3. The van der Waals surface area contributed by atoms with E-state index in [-0.39, 0.29) is 24.4 Å². The van der Waals surface area contributed by atoms with Gasteiger partial charge in [-0.1, -0.05) is 12.2 Å². The van der Waals surface area contributed by atoms with Crippen LogP contribution in [-0.4, -0.2) is 49.7 Å². The summed E-state index contributed by atoms with van der Waals surface area (Å²) in [6, 6.07) is 0. The molecule has 0 unspecified atom stereocenters. The average molecular weight is 247 g/mol. The van der Waals surface area contributed by atoms with Crippen molar-refractivity contribution in [3.8, 4) is 0 Å². The van der Waals surface area contributed by atoms with E-state index in [1.54, 1.807) is 17.1 Å². The lowest BCUT2D eigenvalue weighted by Crippen LogP contribution is -2.49. The highest BCUT2D eigenvalue weighted by Crippen LogP contribution is 2.02. The number of nitrogens with zero attached hydrogens (tertiary/aromatic N) is 1. The fraction of sp³-hybridized carbons (Fsp3) is 0.545. The number of morpholine rings is 1. The normalized spacial score (nSPS) is 19.4. The Labute approximate surface area is 103 Å². The van der Waals surface area contributed by atoms with Crippen LogP contribution < -0.4 is 5.32 Å². The van der Waals surface area contributed by atoms with Gasteiger partial charge in [0.15, 0.2) is 0 Å². The Morgan fingerprint density at radius 2 is 2.06 bits per heavy atom. The lowest BCUT2D eigenvalue weighted by atomic mass is 10.2. The van der Waals surface area contributed by atoms with E-state index in [2.05, 4.69) is 18.5 Å². The van der Waals surface area contributed by atoms with Gasteiger partial charge >= 0.3 is 0 Å². The first-order valence-electron chi connectivity index (χ1n) is 5.12. The highest BCUT2D eigenvalue weighted by Gasteiger charge is 2.25. The topological polar surface area (TPSA) is 41.6 Å². The Morgan fingerprint density at radius 3 is 2.50 bits per heavy atom. The predicted octanol–water partition coefficient (Wildman–Crippen LogP) is 0.597. The van der Waals surface area contributed by atoms with Gasteiger partial charge in [-0.15, -0.1) is 25.6 Å². The quantitative estimate of drug-likeness (QED) is 0.723. The molecule has 0 aromatic carbocycles. The molecule has 1 atom stereocenters. The zero-order valence-corrected chi connectivity index (χ0v) is 10.2. The molecular weight excluding hydrogens is 228 g/mol. The number of halogens is 1. The molecule has 1 aliphatic heterocycles. The molecule has 1 saturated heterocycles. The van der Waals surface area contributed by atoms with Gasteiger partial charge in [-0.3, -0.25) is 4.79 Å². The van der Waals surface area contributed by atoms with Crippen LogP contribution in [-0.2, 0) is 9.53 Å². The summed E-state index contributed by atoms with van der Waals surface area (Å²) in [4.78, 5) is 13.6. The molecular formula is C11H19ClN2O2. The molecule has 5 heteroatoms. The molecule has 1 heterocycles. The van der Waals surface area contributed by atoms with Crippen molar-refractivity contribution in [2.45, 2.75) is 6.10 Å². The van der Waals surface area contributed by atoms with Crippen molar-refractivity contribution in [2.24, 2.45) is 0 Å². The molecule has 1 fully saturated rings. The second-order valence-electron chi connectivity index (χ2n) is 3.38. The molecule has 0 radical (unpaired) electrons. The fourth-order valence-electron chi connectivity index (χ4n) is 1.49. The van der Waals surface area contributed by atoms with Crippen LogP contribution >= 0.6 is 12.4 Å². The largest absolute Gasteiger partial charge is 0.366 e. The molecule has 1 N–H and O–H groups in total. The monoisotopic (exact) mass is 246 g/mol. The van der Waals surface area contributed by atoms with Gasteiger partial charge in [-0.05, 0) is 0 Å². The maximum Gasteiger partial charge on any atom is 0.253 e. The van der Waals surface area contributed by atoms with E-state index in [1.165, 1.54) is 0 Å². The van der Waals surface area contributed by atoms with E-state index < -0.39 is 0 Å².